The molecule has 0 fully saturated rings. The molecule has 12 heteroatoms. The van der Waals surface area contributed by atoms with E-state index in [1.165, 1.54) is 19.1 Å². The first kappa shape index (κ1) is 20.3. The number of hydrogen-bond donors (Lipinski definition) is 0. The van der Waals surface area contributed by atoms with Gasteiger partial charge in [0.15, 0.2) is 0 Å². The van der Waals surface area contributed by atoms with Crippen molar-refractivity contribution in [3.63, 3.8) is 0 Å². The highest BCUT2D eigenvalue weighted by Gasteiger charge is 2.29. The fraction of sp³-hybridized carbons (Fsp3) is 0.133. The highest BCUT2D eigenvalue weighted by molar-refractivity contribution is 7.92. The molecule has 0 heterocycles. The number of nitrogens with zero attached hydrogens (tertiary/aromatic N) is 3. The van der Waals surface area contributed by atoms with Gasteiger partial charge < -0.3 is 0 Å². The van der Waals surface area contributed by atoms with Crippen LogP contribution < -0.4 is 4.31 Å². The molecule has 0 aliphatic heterocycles. The minimum absolute atomic E-state index is 0.0129. The van der Waals surface area contributed by atoms with Crippen LogP contribution in [-0.4, -0.2) is 30.1 Å². The van der Waals surface area contributed by atoms with Crippen LogP contribution >= 0.6 is 11.6 Å². The first-order valence-corrected chi connectivity index (χ1v) is 9.06. The third-order valence-electron chi connectivity index (χ3n) is 3.54. The number of aryl methyl sites for hydroxylation is 1. The fourth-order valence-electron chi connectivity index (χ4n) is 2.33. The summed E-state index contributed by atoms with van der Waals surface area (Å²) in [6, 6.07) is 7.68. The predicted octanol–water partition coefficient (Wildman–Crippen LogP) is 2.77. The Labute approximate surface area is 158 Å². The second-order valence-electron chi connectivity index (χ2n) is 5.35. The van der Waals surface area contributed by atoms with E-state index in [1.807, 2.05) is 0 Å². The third kappa shape index (κ3) is 4.38. The Kier molecular flexibility index (Phi) is 5.76. The molecule has 0 spiro atoms. The van der Waals surface area contributed by atoms with Gasteiger partial charge in [0.25, 0.3) is 21.4 Å². The Hall–Kier alpha value is -3.05. The van der Waals surface area contributed by atoms with Gasteiger partial charge in [-0.25, -0.2) is 8.42 Å². The van der Waals surface area contributed by atoms with Gasteiger partial charge in [-0.15, -0.1) is 0 Å². The minimum Gasteiger partial charge on any atom is -0.279 e. The van der Waals surface area contributed by atoms with Crippen molar-refractivity contribution in [3.8, 4) is 0 Å². The van der Waals surface area contributed by atoms with Gasteiger partial charge in [-0.1, -0.05) is 6.07 Å². The minimum atomic E-state index is -4.41. The molecular weight excluding hydrogens is 402 g/mol. The van der Waals surface area contributed by atoms with Crippen molar-refractivity contribution in [2.75, 3.05) is 10.8 Å². The lowest BCUT2D eigenvalue weighted by atomic mass is 10.2. The second-order valence-corrected chi connectivity index (χ2v) is 7.63. The average Bonchev–Trinajstić information content (AvgIpc) is 2.59. The van der Waals surface area contributed by atoms with Gasteiger partial charge >= 0.3 is 0 Å². The van der Waals surface area contributed by atoms with Crippen molar-refractivity contribution in [2.24, 2.45) is 0 Å². The van der Waals surface area contributed by atoms with Gasteiger partial charge in [-0.2, -0.15) is 0 Å². The normalized spacial score (nSPS) is 11.0. The molecule has 0 aliphatic rings. The number of rotatable bonds is 7. The topological polar surface area (TPSA) is 141 Å². The number of carbonyl (C=O) groups is 1. The molecule has 142 valence electrons. The van der Waals surface area contributed by atoms with E-state index < -0.39 is 42.2 Å². The largest absolute Gasteiger partial charge is 0.279 e. The molecule has 0 amide bonds. The van der Waals surface area contributed by atoms with Gasteiger partial charge in [0.05, 0.1) is 20.4 Å². The zero-order chi connectivity index (χ0) is 20.4. The van der Waals surface area contributed by atoms with Crippen LogP contribution in [0.25, 0.3) is 0 Å². The van der Waals surface area contributed by atoms with Gasteiger partial charge in [-0.3, -0.25) is 29.3 Å². The smallest absolute Gasteiger partial charge is 0.270 e. The molecule has 0 aromatic heterocycles. The summed E-state index contributed by atoms with van der Waals surface area (Å²) in [7, 11) is -4.41. The van der Waals surface area contributed by atoms with E-state index in [2.05, 4.69) is 0 Å². The van der Waals surface area contributed by atoms with E-state index in [0.29, 0.717) is 4.31 Å². The van der Waals surface area contributed by atoms with E-state index >= 15 is 0 Å². The Morgan fingerprint density at radius 3 is 2.19 bits per heavy atom. The maximum absolute atomic E-state index is 13.0. The molecule has 0 saturated carbocycles. The molecule has 2 aromatic carbocycles. The summed E-state index contributed by atoms with van der Waals surface area (Å²) in [4.78, 5) is 31.4. The zero-order valence-corrected chi connectivity index (χ0v) is 15.3. The molecule has 10 nitrogen and oxygen atoms in total. The van der Waals surface area contributed by atoms with Crippen molar-refractivity contribution in [3.05, 3.63) is 68.3 Å². The number of nitro benzene ring substituents is 2. The maximum atomic E-state index is 13.0. The molecule has 2 aromatic rings. The Morgan fingerprint density at radius 1 is 1.07 bits per heavy atom. The van der Waals surface area contributed by atoms with Crippen LogP contribution in [0.4, 0.5) is 17.1 Å². The van der Waals surface area contributed by atoms with Crippen LogP contribution in [-0.2, 0) is 14.8 Å². The highest BCUT2D eigenvalue weighted by Crippen LogP contribution is 2.30. The summed E-state index contributed by atoms with van der Waals surface area (Å²) in [5, 5.41) is 20.8. The molecule has 0 unspecified atom stereocenters. The summed E-state index contributed by atoms with van der Waals surface area (Å²) < 4.78 is 26.6. The summed E-state index contributed by atoms with van der Waals surface area (Å²) in [5.41, 5.74) is -0.521. The van der Waals surface area contributed by atoms with Gasteiger partial charge in [0, 0.05) is 24.3 Å². The van der Waals surface area contributed by atoms with Crippen molar-refractivity contribution >= 4 is 43.9 Å². The lowest BCUT2D eigenvalue weighted by Gasteiger charge is -2.24. The molecule has 0 N–H and O–H groups in total. The van der Waals surface area contributed by atoms with Crippen LogP contribution in [0.3, 0.4) is 0 Å². The SMILES string of the molecule is Cc1cc([N+](=O)[O-])ccc1N(CC(=O)Cl)S(=O)(=O)c1cccc([N+](=O)[O-])c1. The van der Waals surface area contributed by atoms with Crippen LogP contribution in [0.5, 0.6) is 0 Å². The quantitative estimate of drug-likeness (QED) is 0.386. The summed E-state index contributed by atoms with van der Waals surface area (Å²) in [6.45, 7) is 0.669. The number of halogens is 1. The summed E-state index contributed by atoms with van der Waals surface area (Å²) in [5.74, 6) is 0. The number of hydrogen-bond acceptors (Lipinski definition) is 7. The molecule has 2 rings (SSSR count). The van der Waals surface area contributed by atoms with Crippen molar-refractivity contribution in [1.29, 1.82) is 0 Å². The van der Waals surface area contributed by atoms with Gasteiger partial charge in [0.1, 0.15) is 6.54 Å². The van der Waals surface area contributed by atoms with E-state index in [-0.39, 0.29) is 16.9 Å². The molecule has 0 atom stereocenters. The van der Waals surface area contributed by atoms with Gasteiger partial charge in [0.2, 0.25) is 5.24 Å². The number of non-ortho nitro benzene ring substituents is 2. The standard InChI is InChI=1S/C15H12ClN3O7S/c1-10-7-12(19(23)24)5-6-14(10)17(9-15(16)20)27(25,26)13-4-2-3-11(8-13)18(21)22/h2-8H,9H2,1H3. The summed E-state index contributed by atoms with van der Waals surface area (Å²) >= 11 is 5.37. The molecule has 27 heavy (non-hydrogen) atoms. The van der Waals surface area contributed by atoms with Crippen LogP contribution in [0.1, 0.15) is 5.56 Å². The lowest BCUT2D eigenvalue weighted by molar-refractivity contribution is -0.385. The molecule has 0 saturated heterocycles. The highest BCUT2D eigenvalue weighted by atomic mass is 35.5. The Balaban J connectivity index is 2.62. The number of anilines is 1. The number of carbonyl (C=O) groups excluding carboxylic acids is 1. The monoisotopic (exact) mass is 413 g/mol. The zero-order valence-electron chi connectivity index (χ0n) is 13.7. The van der Waals surface area contributed by atoms with E-state index in [4.69, 9.17) is 11.6 Å². The fourth-order valence-corrected chi connectivity index (χ4v) is 4.05. The Morgan fingerprint density at radius 2 is 1.67 bits per heavy atom. The molecular formula is C15H12ClN3O7S. The summed E-state index contributed by atoms with van der Waals surface area (Å²) in [6.07, 6.45) is 0. The van der Waals surface area contributed by atoms with Crippen molar-refractivity contribution < 1.29 is 23.1 Å². The van der Waals surface area contributed by atoms with Crippen molar-refractivity contribution in [1.82, 2.24) is 0 Å². The first-order valence-electron chi connectivity index (χ1n) is 7.24. The van der Waals surface area contributed by atoms with E-state index in [9.17, 15) is 33.4 Å². The molecule has 0 bridgehead atoms. The maximum Gasteiger partial charge on any atom is 0.270 e. The number of benzene rings is 2. The molecule has 0 aliphatic carbocycles. The average molecular weight is 414 g/mol. The second kappa shape index (κ2) is 7.68. The van der Waals surface area contributed by atoms with Crippen LogP contribution in [0.15, 0.2) is 47.4 Å². The van der Waals surface area contributed by atoms with Crippen LogP contribution in [0, 0.1) is 27.2 Å². The number of nitro groups is 2. The van der Waals surface area contributed by atoms with Crippen molar-refractivity contribution in [2.45, 2.75) is 11.8 Å². The molecule has 0 radical (unpaired) electrons. The lowest BCUT2D eigenvalue weighted by Crippen LogP contribution is -2.35. The van der Waals surface area contributed by atoms with E-state index in [0.717, 1.165) is 30.3 Å². The van der Waals surface area contributed by atoms with E-state index in [1.54, 1.807) is 0 Å². The Bertz CT molecular complexity index is 1040. The first-order chi connectivity index (χ1) is 12.5. The third-order valence-corrected chi connectivity index (χ3v) is 5.42. The van der Waals surface area contributed by atoms with Crippen LogP contribution in [0.2, 0.25) is 0 Å². The number of sulfonamides is 1. The predicted molar refractivity (Wildman–Crippen MR) is 96.3 cm³/mol. The van der Waals surface area contributed by atoms with Gasteiger partial charge in [-0.05, 0) is 36.2 Å².